The first-order valence-electron chi connectivity index (χ1n) is 25.8. The number of anilines is 4. The van der Waals surface area contributed by atoms with Crippen LogP contribution in [-0.2, 0) is 26.5 Å². The molecule has 0 bridgehead atoms. The van der Waals surface area contributed by atoms with Gasteiger partial charge in [-0.15, -0.1) is 60.3 Å². The minimum atomic E-state index is -0.264. The van der Waals surface area contributed by atoms with Crippen molar-refractivity contribution in [3.05, 3.63) is 265 Å². The van der Waals surface area contributed by atoms with Crippen molar-refractivity contribution in [2.45, 2.75) is 40.0 Å². The summed E-state index contributed by atoms with van der Waals surface area (Å²) in [5.74, 6) is 2.43. The molecule has 12 aromatic rings. The Balaban J connectivity index is 0.00000596. The maximum Gasteiger partial charge on any atom is 0.144 e. The maximum absolute atomic E-state index is 5.34. The van der Waals surface area contributed by atoms with Crippen LogP contribution in [0.3, 0.4) is 0 Å². The molecule has 8 heteroatoms. The van der Waals surface area contributed by atoms with Gasteiger partial charge in [-0.25, -0.2) is 4.98 Å². The Bertz CT molecular complexity index is 4090. The van der Waals surface area contributed by atoms with E-state index in [1.807, 2.05) is 12.3 Å². The molecule has 0 fully saturated rings. The molecule has 376 valence electrons. The summed E-state index contributed by atoms with van der Waals surface area (Å²) < 4.78 is 2.22. The first-order chi connectivity index (χ1) is 37.2. The number of nitrogens with zero attached hydrogens (tertiary/aromatic N) is 7. The van der Waals surface area contributed by atoms with E-state index in [0.29, 0.717) is 17.5 Å². The van der Waals surface area contributed by atoms with Gasteiger partial charge in [0.25, 0.3) is 0 Å². The fourth-order valence-corrected chi connectivity index (χ4v) is 11.2. The van der Waals surface area contributed by atoms with Gasteiger partial charge in [0.05, 0.1) is 11.6 Å². The van der Waals surface area contributed by atoms with Crippen LogP contribution < -0.4 is 9.80 Å². The van der Waals surface area contributed by atoms with E-state index in [0.717, 1.165) is 106 Å². The summed E-state index contributed by atoms with van der Waals surface area (Å²) in [7, 11) is 0. The fraction of sp³-hybridized carbons (Fsp3) is 0.0870. The van der Waals surface area contributed by atoms with Crippen LogP contribution in [0.15, 0.2) is 219 Å². The number of hydrogen-bond donors (Lipinski definition) is 0. The average molecular weight is 1170 g/mol. The van der Waals surface area contributed by atoms with E-state index in [9.17, 15) is 0 Å². The van der Waals surface area contributed by atoms with E-state index in [1.165, 1.54) is 11.1 Å². The molecular weight excluding hydrogens is 1120 g/mol. The van der Waals surface area contributed by atoms with Gasteiger partial charge >= 0.3 is 0 Å². The molecule has 0 spiro atoms. The Labute approximate surface area is 464 Å². The summed E-state index contributed by atoms with van der Waals surface area (Å²) in [4.78, 5) is 25.5. The largest absolute Gasteiger partial charge is 0.488 e. The van der Waals surface area contributed by atoms with Crippen molar-refractivity contribution in [3.8, 4) is 62.2 Å². The third-order valence-electron chi connectivity index (χ3n) is 14.9. The maximum atomic E-state index is 5.34. The first kappa shape index (κ1) is 49.1. The molecule has 0 saturated carbocycles. The Morgan fingerprint density at radius 2 is 1.05 bits per heavy atom. The molecule has 4 heterocycles. The van der Waals surface area contributed by atoms with E-state index in [2.05, 4.69) is 274 Å². The molecule has 0 amide bonds. The molecule has 13 rings (SSSR count). The first-order valence-corrected chi connectivity index (χ1v) is 25.8. The van der Waals surface area contributed by atoms with Gasteiger partial charge in [-0.05, 0) is 95.4 Å². The van der Waals surface area contributed by atoms with Crippen molar-refractivity contribution in [1.82, 2.24) is 24.5 Å². The van der Waals surface area contributed by atoms with Gasteiger partial charge in [0.1, 0.15) is 11.6 Å². The minimum absolute atomic E-state index is 0. The Morgan fingerprint density at radius 1 is 0.481 bits per heavy atom. The average Bonchev–Trinajstić information content (AvgIpc) is 4.15. The van der Waals surface area contributed by atoms with Gasteiger partial charge in [0, 0.05) is 71.9 Å². The summed E-state index contributed by atoms with van der Waals surface area (Å²) in [6, 6.07) is 82.4. The molecule has 7 nitrogen and oxygen atoms in total. The van der Waals surface area contributed by atoms with Gasteiger partial charge in [-0.2, -0.15) is 0 Å². The fourth-order valence-electron chi connectivity index (χ4n) is 11.2. The molecule has 9 aromatic carbocycles. The monoisotopic (exact) mass is 1170 g/mol. The number of fused-ring (bicyclic) bond motifs is 4. The Morgan fingerprint density at radius 3 is 1.73 bits per heavy atom. The van der Waals surface area contributed by atoms with Crippen molar-refractivity contribution in [3.63, 3.8) is 0 Å². The van der Waals surface area contributed by atoms with Crippen molar-refractivity contribution in [2.24, 2.45) is 0 Å². The van der Waals surface area contributed by atoms with Crippen LogP contribution in [0.2, 0.25) is 0 Å². The van der Waals surface area contributed by atoms with Gasteiger partial charge in [-0.3, -0.25) is 9.97 Å². The second kappa shape index (κ2) is 20.1. The number of aryl methyl sites for hydroxylation is 3. The van der Waals surface area contributed by atoms with E-state index in [1.54, 1.807) is 0 Å². The zero-order chi connectivity index (χ0) is 51.5. The van der Waals surface area contributed by atoms with Crippen molar-refractivity contribution < 1.29 is 21.1 Å². The summed E-state index contributed by atoms with van der Waals surface area (Å²) in [5, 5.41) is 2.18. The quantitative estimate of drug-likeness (QED) is 0.127. The molecule has 0 unspecified atom stereocenters. The number of hydrogen-bond acceptors (Lipinski definition) is 6. The van der Waals surface area contributed by atoms with E-state index in [-0.39, 0.29) is 26.5 Å². The van der Waals surface area contributed by atoms with Crippen LogP contribution in [0.1, 0.15) is 41.7 Å². The molecular formula is C69H52N7Pt-3. The van der Waals surface area contributed by atoms with E-state index in [4.69, 9.17) is 19.9 Å². The second-order valence-corrected chi connectivity index (χ2v) is 20.2. The van der Waals surface area contributed by atoms with Crippen LogP contribution in [0.25, 0.3) is 84.0 Å². The molecule has 0 saturated heterocycles. The summed E-state index contributed by atoms with van der Waals surface area (Å²) in [5.41, 5.74) is 18.5. The van der Waals surface area contributed by atoms with Crippen LogP contribution in [-0.4, -0.2) is 24.5 Å². The Kier molecular flexibility index (Phi) is 12.8. The molecule has 0 aliphatic carbocycles. The van der Waals surface area contributed by atoms with Gasteiger partial charge < -0.3 is 19.4 Å². The predicted molar refractivity (Wildman–Crippen MR) is 311 cm³/mol. The number of rotatable bonds is 10. The zero-order valence-electron chi connectivity index (χ0n) is 43.3. The van der Waals surface area contributed by atoms with Crippen LogP contribution in [0.5, 0.6) is 0 Å². The second-order valence-electron chi connectivity index (χ2n) is 20.2. The minimum Gasteiger partial charge on any atom is -0.488 e. The summed E-state index contributed by atoms with van der Waals surface area (Å²) >= 11 is 0. The molecule has 0 radical (unpaired) electrons. The van der Waals surface area contributed by atoms with Crippen LogP contribution in [0.4, 0.5) is 22.7 Å². The van der Waals surface area contributed by atoms with Crippen LogP contribution in [0, 0.1) is 39.6 Å². The van der Waals surface area contributed by atoms with Crippen molar-refractivity contribution in [1.29, 1.82) is 0 Å². The topological polar surface area (TPSA) is 63.0 Å². The van der Waals surface area contributed by atoms with Crippen molar-refractivity contribution in [2.75, 3.05) is 9.80 Å². The zero-order valence-corrected chi connectivity index (χ0v) is 45.6. The molecule has 3 aromatic heterocycles. The SMILES string of the molecule is Cc1cc(C)c(-c2nc(-c3[c-]c(N4[CH-]N(c5c(-c6ccccc6)cccc5-c5ccccc5)c5ccccc54)ccc3)nc(-c3[c-]c4c(cc3)c3ccccc3n4-c3cc(C(C)(C)c4ccccc4)ccn3)n2)c(C)c1.[Pt]. The van der Waals surface area contributed by atoms with Gasteiger partial charge in [0.2, 0.25) is 0 Å². The molecule has 1 aliphatic rings. The number of benzene rings is 9. The van der Waals surface area contributed by atoms with E-state index >= 15 is 0 Å². The number of para-hydroxylation sites is 4. The molecule has 0 N–H and O–H groups in total. The number of aromatic nitrogens is 5. The smallest absolute Gasteiger partial charge is 0.144 e. The summed E-state index contributed by atoms with van der Waals surface area (Å²) in [6.45, 7) is 13.1. The summed E-state index contributed by atoms with van der Waals surface area (Å²) in [6.07, 6.45) is 1.92. The molecule has 77 heavy (non-hydrogen) atoms. The third kappa shape index (κ3) is 8.81. The molecule has 0 atom stereocenters. The van der Waals surface area contributed by atoms with Gasteiger partial charge in [-0.1, -0.05) is 182 Å². The van der Waals surface area contributed by atoms with Crippen LogP contribution >= 0.6 is 0 Å². The van der Waals surface area contributed by atoms with E-state index < -0.39 is 0 Å². The standard InChI is InChI=1S/C69H52N7.Pt/c1-45-39-46(2)64(47(3)40-45)68-72-66(71-67(73-68)51-35-36-58-57-29-15-16-32-59(57)76(62(58)42-51)63-43-53(37-38-70-63)69(4,5)52-26-13-8-14-27-52)50-25-19-28-54(41-50)74-44-75(61-34-18-17-33-60(61)74)65-55(48-21-9-6-10-22-48)30-20-31-56(65)49-23-11-7-12-24-49;/h6-40,43-44H,1-5H3;/q-3;. The number of pyridine rings is 1. The Hall–Kier alpha value is -8.77. The molecule has 1 aliphatic heterocycles. The van der Waals surface area contributed by atoms with Crippen molar-refractivity contribution >= 4 is 44.6 Å². The third-order valence-corrected chi connectivity index (χ3v) is 14.9. The normalized spacial score (nSPS) is 12.3. The predicted octanol–water partition coefficient (Wildman–Crippen LogP) is 17.0. The van der Waals surface area contributed by atoms with Gasteiger partial charge in [0.15, 0.2) is 0 Å².